The second kappa shape index (κ2) is 3.59. The highest BCUT2D eigenvalue weighted by molar-refractivity contribution is 9.10. The Hall–Kier alpha value is -1.07. The molecule has 14 heavy (non-hydrogen) atoms. The summed E-state index contributed by atoms with van der Waals surface area (Å²) in [5.41, 5.74) is 1.40. The fourth-order valence-corrected chi connectivity index (χ4v) is 1.76. The molecule has 0 spiro atoms. The van der Waals surface area contributed by atoms with Gasteiger partial charge in [-0.1, -0.05) is 0 Å². The van der Waals surface area contributed by atoms with E-state index in [-0.39, 0.29) is 6.61 Å². The Kier molecular flexibility index (Phi) is 2.43. The van der Waals surface area contributed by atoms with Crippen molar-refractivity contribution in [3.8, 4) is 5.75 Å². The van der Waals surface area contributed by atoms with Gasteiger partial charge in [0.1, 0.15) is 16.0 Å². The highest BCUT2D eigenvalue weighted by Crippen LogP contribution is 2.21. The molecule has 2 heterocycles. The second-order valence-electron chi connectivity index (χ2n) is 2.80. The molecular weight excluding hydrogens is 248 g/mol. The third kappa shape index (κ3) is 1.38. The summed E-state index contributed by atoms with van der Waals surface area (Å²) in [5, 5.41) is 9.01. The first-order valence-corrected chi connectivity index (χ1v) is 4.87. The molecule has 1 N–H and O–H groups in total. The van der Waals surface area contributed by atoms with Gasteiger partial charge in [-0.25, -0.2) is 4.98 Å². The van der Waals surface area contributed by atoms with Gasteiger partial charge in [-0.3, -0.25) is 4.40 Å². The molecule has 0 saturated heterocycles. The van der Waals surface area contributed by atoms with E-state index in [0.29, 0.717) is 5.69 Å². The van der Waals surface area contributed by atoms with Gasteiger partial charge in [-0.15, -0.1) is 0 Å². The molecule has 4 nitrogen and oxygen atoms in total. The lowest BCUT2D eigenvalue weighted by Crippen LogP contribution is -1.88. The Labute approximate surface area is 89.3 Å². The van der Waals surface area contributed by atoms with Crippen molar-refractivity contribution in [1.29, 1.82) is 0 Å². The topological polar surface area (TPSA) is 46.8 Å². The summed E-state index contributed by atoms with van der Waals surface area (Å²) in [7, 11) is 1.61. The molecular formula is C9H9BrN2O2. The first-order chi connectivity index (χ1) is 6.76. The molecule has 0 fully saturated rings. The van der Waals surface area contributed by atoms with Gasteiger partial charge in [0, 0.05) is 0 Å². The van der Waals surface area contributed by atoms with Gasteiger partial charge in [0.2, 0.25) is 0 Å². The average Bonchev–Trinajstić information content (AvgIpc) is 2.55. The molecule has 2 aromatic rings. The molecule has 0 aliphatic carbocycles. The Morgan fingerprint density at radius 3 is 3.00 bits per heavy atom. The number of rotatable bonds is 2. The standard InChI is InChI=1S/C9H9BrN2O2/c1-14-6-2-3-8-11-7(5-13)9(10)12(8)4-6/h2-4,13H,5H2,1H3. The van der Waals surface area contributed by atoms with E-state index in [4.69, 9.17) is 9.84 Å². The largest absolute Gasteiger partial charge is 0.495 e. The number of pyridine rings is 1. The summed E-state index contributed by atoms with van der Waals surface area (Å²) >= 11 is 3.36. The predicted octanol–water partition coefficient (Wildman–Crippen LogP) is 1.60. The maximum absolute atomic E-state index is 9.01. The first-order valence-electron chi connectivity index (χ1n) is 4.07. The van der Waals surface area contributed by atoms with Crippen LogP contribution in [0.4, 0.5) is 0 Å². The van der Waals surface area contributed by atoms with Crippen LogP contribution in [0, 0.1) is 0 Å². The van der Waals surface area contributed by atoms with Crippen LogP contribution in [-0.4, -0.2) is 21.6 Å². The van der Waals surface area contributed by atoms with E-state index in [1.807, 2.05) is 22.7 Å². The molecule has 2 rings (SSSR count). The normalized spacial score (nSPS) is 10.8. The number of nitrogens with zero attached hydrogens (tertiary/aromatic N) is 2. The zero-order valence-electron chi connectivity index (χ0n) is 7.57. The molecule has 0 saturated carbocycles. The quantitative estimate of drug-likeness (QED) is 0.888. The third-order valence-electron chi connectivity index (χ3n) is 1.98. The molecule has 5 heteroatoms. The number of methoxy groups -OCH3 is 1. The monoisotopic (exact) mass is 256 g/mol. The summed E-state index contributed by atoms with van der Waals surface area (Å²) in [4.78, 5) is 4.22. The van der Waals surface area contributed by atoms with Crippen LogP contribution in [0.5, 0.6) is 5.75 Å². The van der Waals surface area contributed by atoms with Crippen LogP contribution >= 0.6 is 15.9 Å². The Bertz CT molecular complexity index is 467. The van der Waals surface area contributed by atoms with Gasteiger partial charge in [0.15, 0.2) is 0 Å². The minimum Gasteiger partial charge on any atom is -0.495 e. The van der Waals surface area contributed by atoms with Crippen molar-refractivity contribution in [2.24, 2.45) is 0 Å². The minimum absolute atomic E-state index is 0.0788. The number of halogens is 1. The molecule has 0 aliphatic rings. The van der Waals surface area contributed by atoms with Gasteiger partial charge in [-0.05, 0) is 28.1 Å². The fourth-order valence-electron chi connectivity index (χ4n) is 1.27. The molecule has 0 unspecified atom stereocenters. The van der Waals surface area contributed by atoms with E-state index >= 15 is 0 Å². The minimum atomic E-state index is -0.0788. The van der Waals surface area contributed by atoms with Crippen LogP contribution < -0.4 is 4.74 Å². The van der Waals surface area contributed by atoms with Crippen molar-refractivity contribution < 1.29 is 9.84 Å². The smallest absolute Gasteiger partial charge is 0.138 e. The van der Waals surface area contributed by atoms with Crippen molar-refractivity contribution in [2.45, 2.75) is 6.61 Å². The number of aromatic nitrogens is 2. The summed E-state index contributed by atoms with van der Waals surface area (Å²) in [5.74, 6) is 0.750. The lowest BCUT2D eigenvalue weighted by molar-refractivity contribution is 0.276. The van der Waals surface area contributed by atoms with Gasteiger partial charge in [-0.2, -0.15) is 0 Å². The maximum Gasteiger partial charge on any atom is 0.138 e. The highest BCUT2D eigenvalue weighted by Gasteiger charge is 2.08. The van der Waals surface area contributed by atoms with Gasteiger partial charge in [0.05, 0.1) is 25.6 Å². The Balaban J connectivity index is 2.68. The molecule has 0 atom stereocenters. The summed E-state index contributed by atoms with van der Waals surface area (Å²) < 4.78 is 7.67. The van der Waals surface area contributed by atoms with Gasteiger partial charge < -0.3 is 9.84 Å². The number of fused-ring (bicyclic) bond motifs is 1. The van der Waals surface area contributed by atoms with Crippen molar-refractivity contribution in [2.75, 3.05) is 7.11 Å². The SMILES string of the molecule is COc1ccc2nc(CO)c(Br)n2c1. The third-order valence-corrected chi connectivity index (χ3v) is 2.82. The zero-order valence-corrected chi connectivity index (χ0v) is 9.15. The van der Waals surface area contributed by atoms with E-state index in [9.17, 15) is 0 Å². The van der Waals surface area contributed by atoms with Crippen LogP contribution in [0.25, 0.3) is 5.65 Å². The van der Waals surface area contributed by atoms with E-state index in [0.717, 1.165) is 16.0 Å². The summed E-state index contributed by atoms with van der Waals surface area (Å²) in [6, 6.07) is 3.67. The van der Waals surface area contributed by atoms with Crippen LogP contribution in [0.3, 0.4) is 0 Å². The number of imidazole rings is 1. The molecule has 0 amide bonds. The van der Waals surface area contributed by atoms with E-state index in [2.05, 4.69) is 20.9 Å². The Morgan fingerprint density at radius 2 is 2.36 bits per heavy atom. The van der Waals surface area contributed by atoms with Crippen LogP contribution in [0.1, 0.15) is 5.69 Å². The molecule has 0 bridgehead atoms. The van der Waals surface area contributed by atoms with Crippen molar-refractivity contribution in [1.82, 2.24) is 9.38 Å². The number of hydrogen-bond acceptors (Lipinski definition) is 3. The van der Waals surface area contributed by atoms with Crippen molar-refractivity contribution in [3.05, 3.63) is 28.6 Å². The Morgan fingerprint density at radius 1 is 1.57 bits per heavy atom. The summed E-state index contributed by atoms with van der Waals surface area (Å²) in [6.07, 6.45) is 1.81. The number of ether oxygens (including phenoxy) is 1. The van der Waals surface area contributed by atoms with Gasteiger partial charge >= 0.3 is 0 Å². The number of aliphatic hydroxyl groups is 1. The fraction of sp³-hybridized carbons (Fsp3) is 0.222. The van der Waals surface area contributed by atoms with Crippen LogP contribution in [-0.2, 0) is 6.61 Å². The summed E-state index contributed by atoms with van der Waals surface area (Å²) in [6.45, 7) is -0.0788. The van der Waals surface area contributed by atoms with Crippen LogP contribution in [0.2, 0.25) is 0 Å². The van der Waals surface area contributed by atoms with Gasteiger partial charge in [0.25, 0.3) is 0 Å². The average molecular weight is 257 g/mol. The zero-order chi connectivity index (χ0) is 10.1. The van der Waals surface area contributed by atoms with Crippen molar-refractivity contribution in [3.63, 3.8) is 0 Å². The maximum atomic E-state index is 9.01. The lowest BCUT2D eigenvalue weighted by Gasteiger charge is -2.00. The van der Waals surface area contributed by atoms with E-state index in [1.54, 1.807) is 7.11 Å². The first kappa shape index (κ1) is 9.48. The molecule has 2 aromatic heterocycles. The van der Waals surface area contributed by atoms with E-state index in [1.165, 1.54) is 0 Å². The van der Waals surface area contributed by atoms with Crippen LogP contribution in [0.15, 0.2) is 22.9 Å². The molecule has 74 valence electrons. The lowest BCUT2D eigenvalue weighted by atomic mass is 10.4. The van der Waals surface area contributed by atoms with E-state index < -0.39 is 0 Å². The second-order valence-corrected chi connectivity index (χ2v) is 3.56. The molecule has 0 radical (unpaired) electrons. The predicted molar refractivity (Wildman–Crippen MR) is 55.4 cm³/mol. The van der Waals surface area contributed by atoms with Crippen molar-refractivity contribution >= 4 is 21.6 Å². The number of hydrogen-bond donors (Lipinski definition) is 1. The molecule has 0 aromatic carbocycles. The number of aliphatic hydroxyl groups excluding tert-OH is 1. The molecule has 0 aliphatic heterocycles. The highest BCUT2D eigenvalue weighted by atomic mass is 79.9.